The summed E-state index contributed by atoms with van der Waals surface area (Å²) in [6, 6.07) is 5.77. The zero-order valence-electron chi connectivity index (χ0n) is 9.20. The van der Waals surface area contributed by atoms with Crippen molar-refractivity contribution in [2.24, 2.45) is 0 Å². The normalized spacial score (nSPS) is 14.2. The number of amides is 1. The van der Waals surface area contributed by atoms with Crippen LogP contribution in [-0.2, 0) is 10.8 Å². The van der Waals surface area contributed by atoms with Crippen molar-refractivity contribution in [1.29, 1.82) is 0 Å². The van der Waals surface area contributed by atoms with Gasteiger partial charge in [-0.1, -0.05) is 12.1 Å². The van der Waals surface area contributed by atoms with Crippen LogP contribution in [0.5, 0.6) is 0 Å². The maximum atomic E-state index is 13.2. The van der Waals surface area contributed by atoms with E-state index in [4.69, 9.17) is 0 Å². The molecule has 88 valence electrons. The van der Waals surface area contributed by atoms with E-state index in [1.54, 1.807) is 19.2 Å². The summed E-state index contributed by atoms with van der Waals surface area (Å²) in [4.78, 5) is 11.5. The number of carbonyl (C=O) groups is 1. The van der Waals surface area contributed by atoms with E-state index in [1.807, 2.05) is 0 Å². The summed E-state index contributed by atoms with van der Waals surface area (Å²) in [6.45, 7) is 2.04. The van der Waals surface area contributed by atoms with Gasteiger partial charge in [0.2, 0.25) is 0 Å². The van der Waals surface area contributed by atoms with E-state index < -0.39 is 22.5 Å². The molecule has 0 saturated heterocycles. The Labute approximate surface area is 96.5 Å². The van der Waals surface area contributed by atoms with Crippen LogP contribution in [0.3, 0.4) is 0 Å². The third-order valence-corrected chi connectivity index (χ3v) is 3.54. The van der Waals surface area contributed by atoms with Crippen LogP contribution < -0.4 is 5.32 Å². The summed E-state index contributed by atoms with van der Waals surface area (Å²) >= 11 is 0. The van der Waals surface area contributed by atoms with Crippen LogP contribution in [0.25, 0.3) is 0 Å². The van der Waals surface area contributed by atoms with Gasteiger partial charge in [-0.25, -0.2) is 4.39 Å². The highest BCUT2D eigenvalue weighted by Gasteiger charge is 2.12. The van der Waals surface area contributed by atoms with E-state index in [0.717, 1.165) is 0 Å². The van der Waals surface area contributed by atoms with Crippen LogP contribution in [0.2, 0.25) is 0 Å². The highest BCUT2D eigenvalue weighted by atomic mass is 32.2. The molecule has 2 atom stereocenters. The first-order valence-corrected chi connectivity index (χ1v) is 6.49. The van der Waals surface area contributed by atoms with Gasteiger partial charge in [0, 0.05) is 28.9 Å². The van der Waals surface area contributed by atoms with E-state index in [1.165, 1.54) is 18.2 Å². The number of benzene rings is 1. The van der Waals surface area contributed by atoms with Gasteiger partial charge in [-0.05, 0) is 19.1 Å². The topological polar surface area (TPSA) is 46.2 Å². The average molecular weight is 243 g/mol. The van der Waals surface area contributed by atoms with Crippen LogP contribution in [0.4, 0.5) is 4.39 Å². The molecular weight excluding hydrogens is 229 g/mol. The predicted octanol–water partition coefficient (Wildman–Crippen LogP) is 1.32. The lowest BCUT2D eigenvalue weighted by atomic mass is 10.2. The van der Waals surface area contributed by atoms with Crippen LogP contribution >= 0.6 is 0 Å². The van der Waals surface area contributed by atoms with Crippen LogP contribution in [0.15, 0.2) is 24.3 Å². The zero-order valence-corrected chi connectivity index (χ0v) is 10.0. The molecule has 16 heavy (non-hydrogen) atoms. The summed E-state index contributed by atoms with van der Waals surface area (Å²) in [5, 5.41) is 2.41. The molecule has 0 aliphatic heterocycles. The Balaban J connectivity index is 2.60. The average Bonchev–Trinajstić information content (AvgIpc) is 2.25. The maximum Gasteiger partial charge on any atom is 0.254 e. The third-order valence-electron chi connectivity index (χ3n) is 2.24. The van der Waals surface area contributed by atoms with Crippen molar-refractivity contribution in [2.75, 3.05) is 12.8 Å². The molecule has 1 aromatic rings. The zero-order chi connectivity index (χ0) is 12.1. The molecule has 1 rings (SSSR count). The molecule has 0 saturated carbocycles. The van der Waals surface area contributed by atoms with Gasteiger partial charge in [0.1, 0.15) is 5.82 Å². The molecule has 1 amide bonds. The fraction of sp³-hybridized carbons (Fsp3) is 0.364. The molecule has 0 aliphatic rings. The molecule has 0 radical (unpaired) electrons. The van der Waals surface area contributed by atoms with Crippen molar-refractivity contribution in [3.05, 3.63) is 35.6 Å². The van der Waals surface area contributed by atoms with Gasteiger partial charge in [0.25, 0.3) is 5.91 Å². The second-order valence-corrected chi connectivity index (χ2v) is 5.30. The largest absolute Gasteiger partial charge is 0.351 e. The summed E-state index contributed by atoms with van der Waals surface area (Å²) in [7, 11) is -0.997. The molecular formula is C11H14FNO2S. The molecule has 3 nitrogen and oxygen atoms in total. The minimum Gasteiger partial charge on any atom is -0.351 e. The molecule has 1 N–H and O–H groups in total. The van der Waals surface area contributed by atoms with Crippen molar-refractivity contribution in [2.45, 2.75) is 12.2 Å². The maximum absolute atomic E-state index is 13.2. The number of hydrogen-bond acceptors (Lipinski definition) is 2. The van der Waals surface area contributed by atoms with Crippen LogP contribution in [0.1, 0.15) is 17.3 Å². The molecule has 0 fully saturated rings. The van der Waals surface area contributed by atoms with Gasteiger partial charge < -0.3 is 5.32 Å². The van der Waals surface area contributed by atoms with E-state index in [2.05, 4.69) is 5.32 Å². The van der Waals surface area contributed by atoms with Crippen molar-refractivity contribution in [3.63, 3.8) is 0 Å². The summed E-state index contributed by atoms with van der Waals surface area (Å²) < 4.78 is 24.2. The first-order chi connectivity index (χ1) is 7.52. The fourth-order valence-electron chi connectivity index (χ4n) is 1.09. The highest BCUT2D eigenvalue weighted by molar-refractivity contribution is 7.84. The Morgan fingerprint density at radius 2 is 2.12 bits per heavy atom. The molecule has 0 heterocycles. The van der Waals surface area contributed by atoms with E-state index in [-0.39, 0.29) is 17.4 Å². The minimum atomic E-state index is -0.997. The molecule has 0 spiro atoms. The second-order valence-electron chi connectivity index (χ2n) is 3.50. The highest BCUT2D eigenvalue weighted by Crippen LogP contribution is 2.05. The molecule has 0 aromatic heterocycles. The van der Waals surface area contributed by atoms with Gasteiger partial charge in [-0.15, -0.1) is 0 Å². The number of rotatable bonds is 4. The van der Waals surface area contributed by atoms with Gasteiger partial charge in [0.15, 0.2) is 0 Å². The molecule has 0 bridgehead atoms. The monoisotopic (exact) mass is 243 g/mol. The summed E-state index contributed by atoms with van der Waals surface area (Å²) in [5.41, 5.74) is 0.0107. The van der Waals surface area contributed by atoms with Crippen molar-refractivity contribution < 1.29 is 13.4 Å². The van der Waals surface area contributed by atoms with E-state index in [9.17, 15) is 13.4 Å². The van der Waals surface area contributed by atoms with Gasteiger partial charge >= 0.3 is 0 Å². The summed E-state index contributed by atoms with van der Waals surface area (Å²) in [6.07, 6.45) is 1.57. The Morgan fingerprint density at radius 3 is 2.69 bits per heavy atom. The number of carbonyl (C=O) groups excluding carboxylic acids is 1. The van der Waals surface area contributed by atoms with Gasteiger partial charge in [-0.3, -0.25) is 9.00 Å². The SMILES string of the molecule is CC(CNC(=O)c1ccccc1F)S(C)=O. The van der Waals surface area contributed by atoms with E-state index in [0.29, 0.717) is 0 Å². The van der Waals surface area contributed by atoms with Gasteiger partial charge in [-0.2, -0.15) is 0 Å². The smallest absolute Gasteiger partial charge is 0.254 e. The minimum absolute atomic E-state index is 0.0107. The first-order valence-electron chi connectivity index (χ1n) is 4.87. The quantitative estimate of drug-likeness (QED) is 0.867. The number of hydrogen-bond donors (Lipinski definition) is 1. The first kappa shape index (κ1) is 12.8. The van der Waals surface area contributed by atoms with Crippen molar-refractivity contribution >= 4 is 16.7 Å². The predicted molar refractivity (Wildman–Crippen MR) is 62.3 cm³/mol. The van der Waals surface area contributed by atoms with Crippen molar-refractivity contribution in [3.8, 4) is 0 Å². The Morgan fingerprint density at radius 1 is 1.50 bits per heavy atom. The van der Waals surface area contributed by atoms with Crippen LogP contribution in [0, 0.1) is 5.82 Å². The third kappa shape index (κ3) is 3.41. The molecule has 1 aromatic carbocycles. The fourth-order valence-corrected chi connectivity index (χ4v) is 1.41. The Kier molecular flexibility index (Phi) is 4.61. The second kappa shape index (κ2) is 5.75. The van der Waals surface area contributed by atoms with Crippen molar-refractivity contribution in [1.82, 2.24) is 5.32 Å². The molecule has 2 unspecified atom stereocenters. The van der Waals surface area contributed by atoms with E-state index >= 15 is 0 Å². The number of halogens is 1. The lowest BCUT2D eigenvalue weighted by molar-refractivity contribution is 0.0950. The standard InChI is InChI=1S/C11H14FNO2S/c1-8(16(2)15)7-13-11(14)9-5-3-4-6-10(9)12/h3-6,8H,7H2,1-2H3,(H,13,14). The van der Waals surface area contributed by atoms with Gasteiger partial charge in [0.05, 0.1) is 5.56 Å². The lowest BCUT2D eigenvalue weighted by Crippen LogP contribution is -2.33. The van der Waals surface area contributed by atoms with Crippen LogP contribution in [-0.4, -0.2) is 28.2 Å². The number of nitrogens with one attached hydrogen (secondary N) is 1. The molecule has 5 heteroatoms. The lowest BCUT2D eigenvalue weighted by Gasteiger charge is -2.10. The molecule has 0 aliphatic carbocycles. The summed E-state index contributed by atoms with van der Waals surface area (Å²) in [5.74, 6) is -1.03. The Bertz CT molecular complexity index is 409. The Hall–Kier alpha value is -1.23.